The first kappa shape index (κ1) is 19.0. The van der Waals surface area contributed by atoms with E-state index in [4.69, 9.17) is 0 Å². The standard InChI is InChI=1S/C23H36N2O2/c1-5-25(6-2)21(27)18-9-8-16-15-7-10-19-23(4,14-12-20(26)24-19)17(15)11-13-22(16,18)3/h12,14-19H,5-11,13H2,1-4H3,(H,24,26)/t15-,16-,17-,18?,19?,22-,23+/m0/s1. The summed E-state index contributed by atoms with van der Waals surface area (Å²) in [6, 6.07) is 0.287. The Kier molecular flexibility index (Phi) is 4.67. The fourth-order valence-electron chi connectivity index (χ4n) is 7.49. The molecule has 2 unspecified atom stereocenters. The van der Waals surface area contributed by atoms with Gasteiger partial charge in [0, 0.05) is 30.5 Å². The van der Waals surface area contributed by atoms with Crippen molar-refractivity contribution in [3.8, 4) is 0 Å². The zero-order valence-corrected chi connectivity index (χ0v) is 17.5. The molecular formula is C23H36N2O2. The van der Waals surface area contributed by atoms with Gasteiger partial charge in [-0.1, -0.05) is 19.9 Å². The van der Waals surface area contributed by atoms with Gasteiger partial charge in [-0.2, -0.15) is 0 Å². The lowest BCUT2D eigenvalue weighted by atomic mass is 9.48. The normalized spacial score (nSPS) is 45.5. The molecule has 0 spiro atoms. The Morgan fingerprint density at radius 2 is 1.85 bits per heavy atom. The number of hydrogen-bond donors (Lipinski definition) is 1. The van der Waals surface area contributed by atoms with Gasteiger partial charge in [0.25, 0.3) is 0 Å². The molecule has 1 N–H and O–H groups in total. The predicted molar refractivity (Wildman–Crippen MR) is 107 cm³/mol. The van der Waals surface area contributed by atoms with Gasteiger partial charge in [-0.05, 0) is 81.6 Å². The van der Waals surface area contributed by atoms with Gasteiger partial charge in [0.15, 0.2) is 0 Å². The molecule has 27 heavy (non-hydrogen) atoms. The highest BCUT2D eigenvalue weighted by molar-refractivity contribution is 5.89. The van der Waals surface area contributed by atoms with Crippen molar-refractivity contribution in [3.05, 3.63) is 12.2 Å². The second kappa shape index (κ2) is 6.63. The van der Waals surface area contributed by atoms with Gasteiger partial charge in [0.2, 0.25) is 11.8 Å². The van der Waals surface area contributed by atoms with Crippen LogP contribution in [0.2, 0.25) is 0 Å². The third-order valence-corrected chi connectivity index (χ3v) is 9.06. The fraction of sp³-hybridized carbons (Fsp3) is 0.826. The van der Waals surface area contributed by atoms with Crippen molar-refractivity contribution < 1.29 is 9.59 Å². The third-order valence-electron chi connectivity index (χ3n) is 9.06. The molecule has 3 aliphatic carbocycles. The van der Waals surface area contributed by atoms with Crippen molar-refractivity contribution in [2.24, 2.45) is 34.5 Å². The minimum absolute atomic E-state index is 0.0716. The van der Waals surface area contributed by atoms with E-state index in [-0.39, 0.29) is 28.7 Å². The van der Waals surface area contributed by atoms with Crippen LogP contribution in [0.4, 0.5) is 0 Å². The highest BCUT2D eigenvalue weighted by Crippen LogP contribution is 2.65. The highest BCUT2D eigenvalue weighted by Gasteiger charge is 2.61. The summed E-state index contributed by atoms with van der Waals surface area (Å²) < 4.78 is 0. The van der Waals surface area contributed by atoms with Crippen molar-refractivity contribution in [1.29, 1.82) is 0 Å². The molecule has 0 bridgehead atoms. The zero-order valence-electron chi connectivity index (χ0n) is 17.5. The van der Waals surface area contributed by atoms with E-state index in [2.05, 4.69) is 39.1 Å². The van der Waals surface area contributed by atoms with E-state index in [1.54, 1.807) is 6.08 Å². The number of rotatable bonds is 3. The molecule has 150 valence electrons. The van der Waals surface area contributed by atoms with Crippen LogP contribution in [0.1, 0.15) is 66.2 Å². The van der Waals surface area contributed by atoms with Crippen LogP contribution in [-0.4, -0.2) is 35.8 Å². The molecule has 4 heteroatoms. The first-order valence-corrected chi connectivity index (χ1v) is 11.1. The smallest absolute Gasteiger partial charge is 0.243 e. The minimum atomic E-state index is 0.0716. The molecule has 0 radical (unpaired) electrons. The maximum Gasteiger partial charge on any atom is 0.243 e. The van der Waals surface area contributed by atoms with Crippen molar-refractivity contribution >= 4 is 11.8 Å². The minimum Gasteiger partial charge on any atom is -0.349 e. The van der Waals surface area contributed by atoms with Crippen molar-refractivity contribution in [2.45, 2.75) is 72.3 Å². The Morgan fingerprint density at radius 1 is 1.11 bits per heavy atom. The number of fused-ring (bicyclic) bond motifs is 5. The van der Waals surface area contributed by atoms with Crippen LogP contribution in [-0.2, 0) is 9.59 Å². The number of nitrogens with one attached hydrogen (secondary N) is 1. The molecule has 0 aromatic carbocycles. The molecule has 4 nitrogen and oxygen atoms in total. The third kappa shape index (κ3) is 2.69. The topological polar surface area (TPSA) is 49.4 Å². The van der Waals surface area contributed by atoms with Gasteiger partial charge in [-0.25, -0.2) is 0 Å². The fourth-order valence-corrected chi connectivity index (χ4v) is 7.49. The van der Waals surface area contributed by atoms with Crippen LogP contribution >= 0.6 is 0 Å². The van der Waals surface area contributed by atoms with E-state index in [9.17, 15) is 9.59 Å². The van der Waals surface area contributed by atoms with Gasteiger partial charge >= 0.3 is 0 Å². The summed E-state index contributed by atoms with van der Waals surface area (Å²) in [6.07, 6.45) is 10.9. The summed E-state index contributed by atoms with van der Waals surface area (Å²) in [5, 5.41) is 3.23. The highest BCUT2D eigenvalue weighted by atomic mass is 16.2. The Labute approximate surface area is 164 Å². The van der Waals surface area contributed by atoms with Crippen molar-refractivity contribution in [2.75, 3.05) is 13.1 Å². The molecule has 4 aliphatic rings. The molecule has 0 aromatic rings. The van der Waals surface area contributed by atoms with Crippen LogP contribution in [0.3, 0.4) is 0 Å². The summed E-state index contributed by atoms with van der Waals surface area (Å²) in [7, 11) is 0. The molecule has 2 amide bonds. The SMILES string of the molecule is CCN(CC)C(=O)C1CC[C@H]2[C@@H]3CCC4NC(=O)C=C[C@]4(C)[C@H]3CC[C@]12C. The largest absolute Gasteiger partial charge is 0.349 e. The predicted octanol–water partition coefficient (Wildman–Crippen LogP) is 3.77. The van der Waals surface area contributed by atoms with Gasteiger partial charge in [-0.15, -0.1) is 0 Å². The van der Waals surface area contributed by atoms with Crippen LogP contribution < -0.4 is 5.32 Å². The van der Waals surface area contributed by atoms with Crippen molar-refractivity contribution in [3.63, 3.8) is 0 Å². The first-order valence-electron chi connectivity index (χ1n) is 11.1. The molecule has 1 heterocycles. The van der Waals surface area contributed by atoms with Crippen molar-refractivity contribution in [1.82, 2.24) is 10.2 Å². The van der Waals surface area contributed by atoms with E-state index in [1.165, 1.54) is 19.3 Å². The van der Waals surface area contributed by atoms with E-state index in [0.29, 0.717) is 23.7 Å². The molecular weight excluding hydrogens is 336 g/mol. The van der Waals surface area contributed by atoms with Gasteiger partial charge < -0.3 is 10.2 Å². The Morgan fingerprint density at radius 3 is 2.56 bits per heavy atom. The maximum absolute atomic E-state index is 13.2. The maximum atomic E-state index is 13.2. The summed E-state index contributed by atoms with van der Waals surface area (Å²) in [5.41, 5.74) is 0.241. The van der Waals surface area contributed by atoms with Crippen LogP contribution in [0.15, 0.2) is 12.2 Å². The number of hydrogen-bond acceptors (Lipinski definition) is 2. The average Bonchev–Trinajstić information content (AvgIpc) is 3.00. The molecule has 3 fully saturated rings. The van der Waals surface area contributed by atoms with E-state index in [0.717, 1.165) is 32.4 Å². The van der Waals surface area contributed by atoms with Crippen LogP contribution in [0, 0.1) is 34.5 Å². The molecule has 0 saturated heterocycles. The summed E-state index contributed by atoms with van der Waals surface area (Å²) in [4.78, 5) is 27.1. The van der Waals surface area contributed by atoms with Gasteiger partial charge in [-0.3, -0.25) is 9.59 Å². The Hall–Kier alpha value is -1.32. The molecule has 7 atom stereocenters. The molecule has 0 aromatic heterocycles. The lowest BCUT2D eigenvalue weighted by Gasteiger charge is -2.58. The molecule has 4 rings (SSSR count). The van der Waals surface area contributed by atoms with Gasteiger partial charge in [0.1, 0.15) is 0 Å². The lowest BCUT2D eigenvalue weighted by Crippen LogP contribution is -2.59. The number of carbonyl (C=O) groups excluding carboxylic acids is 2. The quantitative estimate of drug-likeness (QED) is 0.820. The Balaban J connectivity index is 1.60. The summed E-state index contributed by atoms with van der Waals surface area (Å²) >= 11 is 0. The van der Waals surface area contributed by atoms with Gasteiger partial charge in [0.05, 0.1) is 0 Å². The average molecular weight is 373 g/mol. The first-order chi connectivity index (χ1) is 12.8. The monoisotopic (exact) mass is 372 g/mol. The van der Waals surface area contributed by atoms with E-state index in [1.807, 2.05) is 4.90 Å². The Bertz CT molecular complexity index is 655. The number of amides is 2. The lowest BCUT2D eigenvalue weighted by molar-refractivity contribution is -0.143. The van der Waals surface area contributed by atoms with E-state index < -0.39 is 0 Å². The van der Waals surface area contributed by atoms with Crippen LogP contribution in [0.5, 0.6) is 0 Å². The number of nitrogens with zero attached hydrogens (tertiary/aromatic N) is 1. The zero-order chi connectivity index (χ0) is 19.4. The molecule has 1 aliphatic heterocycles. The molecule has 3 saturated carbocycles. The number of carbonyl (C=O) groups is 2. The second-order valence-corrected chi connectivity index (χ2v) is 9.90. The van der Waals surface area contributed by atoms with Crippen LogP contribution in [0.25, 0.3) is 0 Å². The second-order valence-electron chi connectivity index (χ2n) is 9.90. The summed E-state index contributed by atoms with van der Waals surface area (Å²) in [5.74, 6) is 2.66. The summed E-state index contributed by atoms with van der Waals surface area (Å²) in [6.45, 7) is 10.6. The van der Waals surface area contributed by atoms with E-state index >= 15 is 0 Å².